The van der Waals surface area contributed by atoms with E-state index in [1.165, 1.54) is 0 Å². The molecule has 0 aliphatic carbocycles. The van der Waals surface area contributed by atoms with Gasteiger partial charge in [0.25, 0.3) is 0 Å². The second-order valence-electron chi connectivity index (χ2n) is 5.12. The molecule has 1 atom stereocenters. The maximum absolute atomic E-state index is 12.8. The fraction of sp³-hybridized carbons (Fsp3) is 0.909. The number of alkyl halides is 1. The van der Waals surface area contributed by atoms with Crippen LogP contribution in [-0.2, 0) is 4.74 Å². The maximum atomic E-state index is 12.8. The minimum absolute atomic E-state index is 0.413. The van der Waals surface area contributed by atoms with Crippen molar-refractivity contribution < 1.29 is 13.9 Å². The van der Waals surface area contributed by atoms with Crippen LogP contribution >= 0.6 is 0 Å². The van der Waals surface area contributed by atoms with Crippen molar-refractivity contribution in [2.45, 2.75) is 39.0 Å². The van der Waals surface area contributed by atoms with Crippen LogP contribution < -0.4 is 5.32 Å². The summed E-state index contributed by atoms with van der Waals surface area (Å²) in [5, 5.41) is 2.66. The standard InChI is InChI=1S/C11H21FN2O2/c1-11(2,3)16-10(15)13-5-7-14-6-4-9(12)8-14/h9H,4-8H2,1-3H3,(H,13,15)/t9-/m0/s1. The predicted molar refractivity (Wildman–Crippen MR) is 60.2 cm³/mol. The molecule has 0 saturated carbocycles. The Kier molecular flexibility index (Phi) is 4.53. The van der Waals surface area contributed by atoms with E-state index in [1.807, 2.05) is 25.7 Å². The number of hydrogen-bond acceptors (Lipinski definition) is 3. The van der Waals surface area contributed by atoms with E-state index in [9.17, 15) is 9.18 Å². The Labute approximate surface area is 96.1 Å². The average molecular weight is 232 g/mol. The number of likely N-dealkylation sites (tertiary alicyclic amines) is 1. The van der Waals surface area contributed by atoms with Crippen LogP contribution in [0.15, 0.2) is 0 Å². The van der Waals surface area contributed by atoms with Crippen molar-refractivity contribution in [1.82, 2.24) is 10.2 Å². The van der Waals surface area contributed by atoms with Gasteiger partial charge in [0.05, 0.1) is 0 Å². The summed E-state index contributed by atoms with van der Waals surface area (Å²) in [5.41, 5.74) is -0.470. The summed E-state index contributed by atoms with van der Waals surface area (Å²) < 4.78 is 17.9. The first-order valence-electron chi connectivity index (χ1n) is 5.70. The van der Waals surface area contributed by atoms with Crippen molar-refractivity contribution in [3.63, 3.8) is 0 Å². The van der Waals surface area contributed by atoms with Gasteiger partial charge >= 0.3 is 6.09 Å². The Balaban J connectivity index is 2.09. The minimum atomic E-state index is -0.707. The molecule has 5 heteroatoms. The summed E-state index contributed by atoms with van der Waals surface area (Å²) in [7, 11) is 0. The third-order valence-electron chi connectivity index (χ3n) is 2.31. The lowest BCUT2D eigenvalue weighted by molar-refractivity contribution is 0.0523. The second kappa shape index (κ2) is 5.48. The van der Waals surface area contributed by atoms with Gasteiger partial charge in [-0.05, 0) is 27.2 Å². The molecule has 1 N–H and O–H groups in total. The number of alkyl carbamates (subject to hydrolysis) is 1. The van der Waals surface area contributed by atoms with Gasteiger partial charge in [-0.25, -0.2) is 9.18 Å². The van der Waals surface area contributed by atoms with Crippen molar-refractivity contribution >= 4 is 6.09 Å². The third-order valence-corrected chi connectivity index (χ3v) is 2.31. The molecule has 0 aromatic heterocycles. The Bertz CT molecular complexity index is 241. The van der Waals surface area contributed by atoms with Gasteiger partial charge in [-0.1, -0.05) is 0 Å². The molecule has 94 valence electrons. The molecule has 1 heterocycles. The van der Waals surface area contributed by atoms with E-state index in [4.69, 9.17) is 4.74 Å². The number of carbonyl (C=O) groups excluding carboxylic acids is 1. The van der Waals surface area contributed by atoms with E-state index in [0.29, 0.717) is 26.1 Å². The molecule has 0 spiro atoms. The molecule has 0 unspecified atom stereocenters. The molecule has 0 aromatic rings. The van der Waals surface area contributed by atoms with Crippen LogP contribution in [0.2, 0.25) is 0 Å². The summed E-state index contributed by atoms with van der Waals surface area (Å²) in [4.78, 5) is 13.3. The number of hydrogen-bond donors (Lipinski definition) is 1. The largest absolute Gasteiger partial charge is 0.444 e. The van der Waals surface area contributed by atoms with Crippen molar-refractivity contribution in [3.05, 3.63) is 0 Å². The van der Waals surface area contributed by atoms with Gasteiger partial charge in [0, 0.05) is 26.2 Å². The topological polar surface area (TPSA) is 41.6 Å². The van der Waals surface area contributed by atoms with Crippen LogP contribution in [-0.4, -0.2) is 48.9 Å². The third kappa shape index (κ3) is 5.30. The zero-order chi connectivity index (χ0) is 12.2. The summed E-state index contributed by atoms with van der Waals surface area (Å²) >= 11 is 0. The molecular weight excluding hydrogens is 211 g/mol. The lowest BCUT2D eigenvalue weighted by atomic mass is 10.2. The average Bonchev–Trinajstić information content (AvgIpc) is 2.48. The van der Waals surface area contributed by atoms with Gasteiger partial charge < -0.3 is 10.1 Å². The minimum Gasteiger partial charge on any atom is -0.444 e. The van der Waals surface area contributed by atoms with E-state index in [1.54, 1.807) is 0 Å². The fourth-order valence-corrected chi connectivity index (χ4v) is 1.62. The molecule has 1 saturated heterocycles. The SMILES string of the molecule is CC(C)(C)OC(=O)NCCN1CC[C@H](F)C1. The van der Waals surface area contributed by atoms with Gasteiger partial charge in [-0.3, -0.25) is 4.90 Å². The highest BCUT2D eigenvalue weighted by molar-refractivity contribution is 5.67. The molecule has 4 nitrogen and oxygen atoms in total. The zero-order valence-electron chi connectivity index (χ0n) is 10.3. The number of amides is 1. The monoisotopic (exact) mass is 232 g/mol. The van der Waals surface area contributed by atoms with Crippen LogP contribution in [0.3, 0.4) is 0 Å². The molecule has 0 aromatic carbocycles. The Morgan fingerprint density at radius 1 is 1.56 bits per heavy atom. The number of nitrogens with one attached hydrogen (secondary N) is 1. The van der Waals surface area contributed by atoms with Crippen molar-refractivity contribution in [2.75, 3.05) is 26.2 Å². The molecule has 1 aliphatic rings. The van der Waals surface area contributed by atoms with E-state index in [0.717, 1.165) is 6.54 Å². The summed E-state index contributed by atoms with van der Waals surface area (Å²) in [6.45, 7) is 7.90. The molecule has 0 bridgehead atoms. The van der Waals surface area contributed by atoms with Crippen LogP contribution in [0.1, 0.15) is 27.2 Å². The van der Waals surface area contributed by atoms with Gasteiger partial charge in [-0.2, -0.15) is 0 Å². The number of halogens is 1. The lowest BCUT2D eigenvalue weighted by Gasteiger charge is -2.20. The van der Waals surface area contributed by atoms with Gasteiger partial charge in [0.1, 0.15) is 11.8 Å². The van der Waals surface area contributed by atoms with Gasteiger partial charge in [0.2, 0.25) is 0 Å². The first-order valence-corrected chi connectivity index (χ1v) is 5.70. The maximum Gasteiger partial charge on any atom is 0.407 e. The van der Waals surface area contributed by atoms with Crippen LogP contribution in [0.25, 0.3) is 0 Å². The zero-order valence-corrected chi connectivity index (χ0v) is 10.3. The predicted octanol–water partition coefficient (Wildman–Crippen LogP) is 1.55. The summed E-state index contributed by atoms with van der Waals surface area (Å²) in [5.74, 6) is 0. The Morgan fingerprint density at radius 2 is 2.25 bits per heavy atom. The fourth-order valence-electron chi connectivity index (χ4n) is 1.62. The van der Waals surface area contributed by atoms with E-state index in [2.05, 4.69) is 5.32 Å². The lowest BCUT2D eigenvalue weighted by Crippen LogP contribution is -2.37. The smallest absolute Gasteiger partial charge is 0.407 e. The molecule has 1 aliphatic heterocycles. The molecular formula is C11H21FN2O2. The molecule has 1 fully saturated rings. The number of carbonyl (C=O) groups is 1. The first-order chi connectivity index (χ1) is 7.37. The molecule has 16 heavy (non-hydrogen) atoms. The highest BCUT2D eigenvalue weighted by Gasteiger charge is 2.21. The van der Waals surface area contributed by atoms with Crippen LogP contribution in [0, 0.1) is 0 Å². The molecule has 0 radical (unpaired) electrons. The highest BCUT2D eigenvalue weighted by atomic mass is 19.1. The van der Waals surface area contributed by atoms with Gasteiger partial charge in [-0.15, -0.1) is 0 Å². The van der Waals surface area contributed by atoms with E-state index >= 15 is 0 Å². The number of rotatable bonds is 3. The van der Waals surface area contributed by atoms with Crippen LogP contribution in [0.5, 0.6) is 0 Å². The second-order valence-corrected chi connectivity index (χ2v) is 5.12. The molecule has 1 amide bonds. The number of nitrogens with zero attached hydrogens (tertiary/aromatic N) is 1. The summed E-state index contributed by atoms with van der Waals surface area (Å²) in [6, 6.07) is 0. The van der Waals surface area contributed by atoms with E-state index in [-0.39, 0.29) is 0 Å². The number of ether oxygens (including phenoxy) is 1. The van der Waals surface area contributed by atoms with Gasteiger partial charge in [0.15, 0.2) is 0 Å². The van der Waals surface area contributed by atoms with Crippen molar-refractivity contribution in [3.8, 4) is 0 Å². The quantitative estimate of drug-likeness (QED) is 0.802. The first kappa shape index (κ1) is 13.2. The Hall–Kier alpha value is -0.840. The highest BCUT2D eigenvalue weighted by Crippen LogP contribution is 2.11. The van der Waals surface area contributed by atoms with Crippen molar-refractivity contribution in [2.24, 2.45) is 0 Å². The van der Waals surface area contributed by atoms with E-state index < -0.39 is 17.9 Å². The molecule has 1 rings (SSSR count). The normalized spacial score (nSPS) is 22.1. The summed E-state index contributed by atoms with van der Waals surface area (Å²) in [6.07, 6.45) is -0.517. The van der Waals surface area contributed by atoms with Crippen LogP contribution in [0.4, 0.5) is 9.18 Å². The Morgan fingerprint density at radius 3 is 2.75 bits per heavy atom. The van der Waals surface area contributed by atoms with Crippen molar-refractivity contribution in [1.29, 1.82) is 0 Å².